The van der Waals surface area contributed by atoms with E-state index in [1.807, 2.05) is 32.9 Å². The number of likely N-dealkylation sites (N-methyl/N-ethyl adjacent to an activating group) is 1. The number of Topliss-reactive ketones (excluding diaryl/α,β-unsaturated/α-hetero) is 1. The first kappa shape index (κ1) is 48.3. The molecule has 1 fully saturated rings. The zero-order valence-corrected chi connectivity index (χ0v) is 35.7. The Morgan fingerprint density at radius 3 is 2.36 bits per heavy atom. The molecule has 59 heavy (non-hydrogen) atoms. The van der Waals surface area contributed by atoms with Crippen molar-refractivity contribution in [3.63, 3.8) is 0 Å². The molecule has 324 valence electrons. The maximum Gasteiger partial charge on any atom is 0.325 e. The summed E-state index contributed by atoms with van der Waals surface area (Å²) >= 11 is 0. The molecule has 14 heteroatoms. The molecule has 14 nitrogen and oxygen atoms in total. The van der Waals surface area contributed by atoms with Crippen LogP contribution in [0.5, 0.6) is 5.75 Å². The van der Waals surface area contributed by atoms with E-state index in [4.69, 9.17) is 4.74 Å². The van der Waals surface area contributed by atoms with Crippen LogP contribution in [0, 0.1) is 17.8 Å². The number of aliphatic hydroxyl groups excluding tert-OH is 1. The fraction of sp³-hybridized carbons (Fsp3) is 0.556. The van der Waals surface area contributed by atoms with E-state index in [1.54, 1.807) is 62.1 Å². The largest absolute Gasteiger partial charge is 0.508 e. The summed E-state index contributed by atoms with van der Waals surface area (Å²) in [4.78, 5) is 82.4. The van der Waals surface area contributed by atoms with Crippen molar-refractivity contribution in [3.05, 3.63) is 77.9 Å². The first-order valence-electron chi connectivity index (χ1n) is 20.9. The van der Waals surface area contributed by atoms with E-state index in [0.29, 0.717) is 49.9 Å². The predicted octanol–water partition coefficient (Wildman–Crippen LogP) is 4.23. The molecule has 1 unspecified atom stereocenters. The second-order valence-corrected chi connectivity index (χ2v) is 15.8. The lowest BCUT2D eigenvalue weighted by atomic mass is 9.85. The third kappa shape index (κ3) is 15.2. The van der Waals surface area contributed by atoms with Gasteiger partial charge in [-0.15, -0.1) is 0 Å². The molecule has 0 saturated carbocycles. The Morgan fingerprint density at radius 1 is 1.02 bits per heavy atom. The molecule has 0 spiro atoms. The molecule has 2 aliphatic heterocycles. The third-order valence-corrected chi connectivity index (χ3v) is 10.8. The Hall–Kier alpha value is -5.08. The minimum absolute atomic E-state index is 0.0152. The van der Waals surface area contributed by atoms with E-state index >= 15 is 0 Å². The third-order valence-electron chi connectivity index (χ3n) is 10.8. The van der Waals surface area contributed by atoms with Crippen molar-refractivity contribution in [2.24, 2.45) is 17.8 Å². The van der Waals surface area contributed by atoms with Crippen LogP contribution in [0.25, 0.3) is 0 Å². The number of rotatable bonds is 11. The van der Waals surface area contributed by atoms with Crippen molar-refractivity contribution in [3.8, 4) is 5.75 Å². The molecule has 2 aliphatic rings. The summed E-state index contributed by atoms with van der Waals surface area (Å²) in [6.45, 7) is 13.7. The number of aliphatic hydroxyl groups is 1. The molecule has 4 amide bonds. The van der Waals surface area contributed by atoms with Gasteiger partial charge in [0.25, 0.3) is 5.91 Å². The normalized spacial score (nSPS) is 26.9. The van der Waals surface area contributed by atoms with Gasteiger partial charge < -0.3 is 35.3 Å². The number of allylic oxidation sites excluding steroid dienone is 5. The van der Waals surface area contributed by atoms with Crippen LogP contribution in [-0.2, 0) is 39.9 Å². The van der Waals surface area contributed by atoms with Gasteiger partial charge in [-0.05, 0) is 88.5 Å². The summed E-state index contributed by atoms with van der Waals surface area (Å²) in [6.07, 6.45) is 12.0. The quantitative estimate of drug-likeness (QED) is 0.123. The number of hydrogen-bond acceptors (Lipinski definition) is 10. The topological polar surface area (TPSA) is 195 Å². The SMILES string of the molecule is CCN(CC)C(=O)/C=C/C=C(\C)[C@@H]1C/C=C/C=C/C[C@H](C)[C@@H](O)[C@@H](CCC(C)=O)C(=O)N[C@@H](C(C)C)C(=O)N[C@@H](Cc2cccc(O)c2)C(=O)N2CCCC(N2)C(=O)O1. The molecule has 7 atom stereocenters. The first-order chi connectivity index (χ1) is 28.1. The summed E-state index contributed by atoms with van der Waals surface area (Å²) in [7, 11) is 0. The molecule has 0 radical (unpaired) electrons. The Labute approximate surface area is 349 Å². The summed E-state index contributed by atoms with van der Waals surface area (Å²) in [6, 6.07) is 3.14. The molecule has 3 rings (SSSR count). The second kappa shape index (κ2) is 24.1. The molecule has 2 bridgehead atoms. The average Bonchev–Trinajstić information content (AvgIpc) is 3.19. The maximum atomic E-state index is 14.3. The van der Waals surface area contributed by atoms with Crippen molar-refractivity contribution in [1.82, 2.24) is 26.0 Å². The van der Waals surface area contributed by atoms with E-state index in [-0.39, 0.29) is 43.2 Å². The number of phenolic OH excluding ortho intramolecular Hbond substituents is 1. The van der Waals surface area contributed by atoms with Crippen LogP contribution in [0.4, 0.5) is 0 Å². The van der Waals surface area contributed by atoms with Gasteiger partial charge in [-0.3, -0.25) is 29.0 Å². The number of nitrogens with one attached hydrogen (secondary N) is 3. The van der Waals surface area contributed by atoms with E-state index in [2.05, 4.69) is 16.1 Å². The zero-order chi connectivity index (χ0) is 43.6. The van der Waals surface area contributed by atoms with Crippen molar-refractivity contribution in [2.45, 2.75) is 124 Å². The van der Waals surface area contributed by atoms with Gasteiger partial charge in [0, 0.05) is 45.0 Å². The highest BCUT2D eigenvalue weighted by atomic mass is 16.5. The van der Waals surface area contributed by atoms with Crippen LogP contribution in [0.3, 0.4) is 0 Å². The van der Waals surface area contributed by atoms with E-state index in [0.717, 1.165) is 0 Å². The number of carbonyl (C=O) groups is 6. The second-order valence-electron chi connectivity index (χ2n) is 15.8. The highest BCUT2D eigenvalue weighted by Gasteiger charge is 2.38. The lowest BCUT2D eigenvalue weighted by Crippen LogP contribution is -2.62. The lowest BCUT2D eigenvalue weighted by Gasteiger charge is -2.36. The Morgan fingerprint density at radius 2 is 1.71 bits per heavy atom. The Bertz CT molecular complexity index is 1730. The minimum Gasteiger partial charge on any atom is -0.508 e. The van der Waals surface area contributed by atoms with Crippen LogP contribution in [0.1, 0.15) is 92.6 Å². The molecule has 1 aromatic carbocycles. The van der Waals surface area contributed by atoms with Crippen molar-refractivity contribution in [1.29, 1.82) is 0 Å². The zero-order valence-electron chi connectivity index (χ0n) is 35.7. The number of aromatic hydroxyl groups is 1. The Kier molecular flexibility index (Phi) is 19.7. The molecular formula is C45H65N5O9. The van der Waals surface area contributed by atoms with Gasteiger partial charge in [0.2, 0.25) is 17.7 Å². The fourth-order valence-electron chi connectivity index (χ4n) is 7.06. The molecule has 0 aromatic heterocycles. The molecule has 2 heterocycles. The van der Waals surface area contributed by atoms with Gasteiger partial charge in [-0.1, -0.05) is 69.4 Å². The molecule has 1 saturated heterocycles. The molecule has 5 N–H and O–H groups in total. The number of cyclic esters (lactones) is 1. The molecule has 0 aliphatic carbocycles. The van der Waals surface area contributed by atoms with Crippen molar-refractivity contribution in [2.75, 3.05) is 19.6 Å². The maximum absolute atomic E-state index is 14.3. The highest BCUT2D eigenvalue weighted by molar-refractivity contribution is 5.93. The van der Waals surface area contributed by atoms with Gasteiger partial charge in [-0.25, -0.2) is 5.43 Å². The number of benzene rings is 1. The van der Waals surface area contributed by atoms with Crippen molar-refractivity contribution >= 4 is 35.4 Å². The first-order valence-corrected chi connectivity index (χ1v) is 20.9. The fourth-order valence-corrected chi connectivity index (χ4v) is 7.06. The average molecular weight is 820 g/mol. The van der Waals surface area contributed by atoms with Crippen LogP contribution < -0.4 is 16.1 Å². The summed E-state index contributed by atoms with van der Waals surface area (Å²) in [5.41, 5.74) is 4.27. The van der Waals surface area contributed by atoms with Crippen LogP contribution >= 0.6 is 0 Å². The number of phenols is 1. The number of fused-ring (bicyclic) bond motifs is 2. The summed E-state index contributed by atoms with van der Waals surface area (Å²) in [5.74, 6) is -4.46. The number of hydrazine groups is 1. The summed E-state index contributed by atoms with van der Waals surface area (Å²) in [5, 5.41) is 28.6. The highest BCUT2D eigenvalue weighted by Crippen LogP contribution is 2.24. The van der Waals surface area contributed by atoms with Gasteiger partial charge in [0.1, 0.15) is 35.8 Å². The van der Waals surface area contributed by atoms with Gasteiger partial charge in [0.15, 0.2) is 0 Å². The monoisotopic (exact) mass is 819 g/mol. The van der Waals surface area contributed by atoms with E-state index in [1.165, 1.54) is 30.1 Å². The van der Waals surface area contributed by atoms with Crippen LogP contribution in [-0.4, -0.2) is 105 Å². The Balaban J connectivity index is 2.04. The van der Waals surface area contributed by atoms with Crippen LogP contribution in [0.15, 0.2) is 72.4 Å². The predicted molar refractivity (Wildman–Crippen MR) is 225 cm³/mol. The number of amides is 4. The minimum atomic E-state index is -1.18. The van der Waals surface area contributed by atoms with Gasteiger partial charge in [-0.2, -0.15) is 0 Å². The standard InChI is InChI=1S/C45H65N5O9/c1-8-49(9-2)39(53)23-14-18-30(5)38-22-13-11-10-12-17-31(6)41(54)35(25-24-32(7)51)42(55)47-40(29(3)4)43(56)46-37(28-33-19-15-20-34(52)27-33)44(57)50-26-16-21-36(48-50)45(58)59-38/h10-15,18-20,23,27,29,31,35-38,40-41,48,52,54H,8-9,16-17,21-22,24-26,28H2,1-7H3,(H,46,56)(H,47,55)/b12-10+,13-11+,23-14+,30-18+/t31-,35+,36?,37-,38-,40-,41+/m0/s1. The molecular weight excluding hydrogens is 755 g/mol. The number of nitrogens with zero attached hydrogens (tertiary/aromatic N) is 2. The number of ether oxygens (including phenoxy) is 1. The number of hydrogen-bond donors (Lipinski definition) is 5. The lowest BCUT2D eigenvalue weighted by molar-refractivity contribution is -0.156. The van der Waals surface area contributed by atoms with Crippen LogP contribution in [0.2, 0.25) is 0 Å². The number of ketones is 1. The smallest absolute Gasteiger partial charge is 0.325 e. The van der Waals surface area contributed by atoms with E-state index < -0.39 is 71.8 Å². The van der Waals surface area contributed by atoms with Gasteiger partial charge >= 0.3 is 5.97 Å². The number of carbonyl (C=O) groups excluding carboxylic acids is 6. The molecule has 1 aromatic rings. The number of esters is 1. The summed E-state index contributed by atoms with van der Waals surface area (Å²) < 4.78 is 6.07. The van der Waals surface area contributed by atoms with E-state index in [9.17, 15) is 39.0 Å². The van der Waals surface area contributed by atoms with Gasteiger partial charge in [0.05, 0.1) is 12.0 Å². The van der Waals surface area contributed by atoms with Crippen molar-refractivity contribution < 1.29 is 43.7 Å².